The summed E-state index contributed by atoms with van der Waals surface area (Å²) in [6.07, 6.45) is 0.992. The zero-order chi connectivity index (χ0) is 21.2. The summed E-state index contributed by atoms with van der Waals surface area (Å²) in [5.74, 6) is 2.59. The molecule has 0 unspecified atom stereocenters. The zero-order valence-corrected chi connectivity index (χ0v) is 17.7. The van der Waals surface area contributed by atoms with Crippen molar-refractivity contribution in [2.45, 2.75) is 33.4 Å². The fraction of sp³-hybridized carbons (Fsp3) is 0.292. The number of aryl methyl sites for hydroxylation is 1. The lowest BCUT2D eigenvalue weighted by Gasteiger charge is -2.27. The van der Waals surface area contributed by atoms with Crippen LogP contribution in [0.2, 0.25) is 0 Å². The molecule has 1 aliphatic rings. The van der Waals surface area contributed by atoms with Crippen LogP contribution in [-0.2, 0) is 19.5 Å². The number of ether oxygens (including phenoxy) is 1. The van der Waals surface area contributed by atoms with Gasteiger partial charge in [0.2, 0.25) is 5.89 Å². The molecule has 4 aromatic rings. The normalized spacial score (nSPS) is 13.9. The summed E-state index contributed by atoms with van der Waals surface area (Å²) < 4.78 is 17.1. The molecule has 2 aromatic heterocycles. The highest BCUT2D eigenvalue weighted by atomic mass is 16.5. The Bertz CT molecular complexity index is 1180. The van der Waals surface area contributed by atoms with Crippen LogP contribution >= 0.6 is 0 Å². The summed E-state index contributed by atoms with van der Waals surface area (Å²) in [5.41, 5.74) is 5.07. The highest BCUT2D eigenvalue weighted by Crippen LogP contribution is 2.33. The number of benzene rings is 2. The Balaban J connectivity index is 1.35. The van der Waals surface area contributed by atoms with Crippen molar-refractivity contribution < 1.29 is 13.7 Å². The van der Waals surface area contributed by atoms with Crippen LogP contribution in [0.5, 0.6) is 5.75 Å². The van der Waals surface area contributed by atoms with Gasteiger partial charge in [0.05, 0.1) is 13.2 Å². The van der Waals surface area contributed by atoms with E-state index in [1.54, 1.807) is 0 Å². The van der Waals surface area contributed by atoms with Crippen molar-refractivity contribution in [2.75, 3.05) is 13.2 Å². The van der Waals surface area contributed by atoms with Crippen LogP contribution in [0.1, 0.15) is 29.7 Å². The Kier molecular flexibility index (Phi) is 5.26. The summed E-state index contributed by atoms with van der Waals surface area (Å²) in [4.78, 5) is 2.31. The van der Waals surface area contributed by atoms with Crippen molar-refractivity contribution in [1.29, 1.82) is 0 Å². The summed E-state index contributed by atoms with van der Waals surface area (Å²) >= 11 is 0. The smallest absolute Gasteiger partial charge is 0.253 e. The van der Waals surface area contributed by atoms with Crippen LogP contribution in [0.25, 0.3) is 22.7 Å². The van der Waals surface area contributed by atoms with Crippen LogP contribution in [0.15, 0.2) is 57.5 Å². The van der Waals surface area contributed by atoms with Crippen molar-refractivity contribution in [3.63, 3.8) is 0 Å². The topological polar surface area (TPSA) is 77.4 Å². The molecule has 0 saturated heterocycles. The van der Waals surface area contributed by atoms with Gasteiger partial charge in [-0.1, -0.05) is 41.6 Å². The third-order valence-corrected chi connectivity index (χ3v) is 5.53. The van der Waals surface area contributed by atoms with E-state index in [0.29, 0.717) is 36.4 Å². The second kappa shape index (κ2) is 8.35. The molecule has 5 rings (SSSR count). The molecule has 0 aliphatic carbocycles. The van der Waals surface area contributed by atoms with Gasteiger partial charge in [0.15, 0.2) is 0 Å². The highest BCUT2D eigenvalue weighted by Gasteiger charge is 2.23. The Hall–Kier alpha value is -3.45. The maximum atomic E-state index is 6.04. The third-order valence-electron chi connectivity index (χ3n) is 5.53. The lowest BCUT2D eigenvalue weighted by atomic mass is 9.99. The molecule has 158 valence electrons. The maximum absolute atomic E-state index is 6.04. The second-order valence-corrected chi connectivity index (χ2v) is 7.65. The molecule has 7 heteroatoms. The van der Waals surface area contributed by atoms with E-state index in [-0.39, 0.29) is 0 Å². The second-order valence-electron chi connectivity index (χ2n) is 7.65. The van der Waals surface area contributed by atoms with Crippen molar-refractivity contribution in [1.82, 2.24) is 20.3 Å². The fourth-order valence-electron chi connectivity index (χ4n) is 4.01. The number of aromatic nitrogens is 3. The molecule has 0 spiro atoms. The van der Waals surface area contributed by atoms with Gasteiger partial charge in [0.25, 0.3) is 5.89 Å². The molecule has 0 atom stereocenters. The number of nitrogens with zero attached hydrogens (tertiary/aromatic N) is 4. The Morgan fingerprint density at radius 3 is 2.77 bits per heavy atom. The van der Waals surface area contributed by atoms with Crippen LogP contribution in [0.3, 0.4) is 0 Å². The minimum absolute atomic E-state index is 0.434. The predicted molar refractivity (Wildman–Crippen MR) is 115 cm³/mol. The number of hydrogen-bond acceptors (Lipinski definition) is 7. The van der Waals surface area contributed by atoms with E-state index in [1.807, 2.05) is 50.2 Å². The SMILES string of the molecule is CCOc1ccc2c(c1)CN(Cc1nnc(-c3c(-c4ccccc4)noc3C)o1)CC2. The van der Waals surface area contributed by atoms with E-state index < -0.39 is 0 Å². The predicted octanol–water partition coefficient (Wildman–Crippen LogP) is 4.66. The highest BCUT2D eigenvalue weighted by molar-refractivity contribution is 5.77. The van der Waals surface area contributed by atoms with Crippen molar-refractivity contribution >= 4 is 0 Å². The lowest BCUT2D eigenvalue weighted by Crippen LogP contribution is -2.30. The first-order chi connectivity index (χ1) is 15.2. The van der Waals surface area contributed by atoms with Crippen LogP contribution in [0.4, 0.5) is 0 Å². The third kappa shape index (κ3) is 3.96. The molecular formula is C24H24N4O3. The number of rotatable bonds is 6. The zero-order valence-electron chi connectivity index (χ0n) is 17.7. The van der Waals surface area contributed by atoms with E-state index in [2.05, 4.69) is 32.4 Å². The molecule has 1 aliphatic heterocycles. The lowest BCUT2D eigenvalue weighted by molar-refractivity contribution is 0.221. The van der Waals surface area contributed by atoms with Gasteiger partial charge < -0.3 is 13.7 Å². The van der Waals surface area contributed by atoms with E-state index in [1.165, 1.54) is 11.1 Å². The first kappa shape index (κ1) is 19.5. The summed E-state index contributed by atoms with van der Waals surface area (Å²) in [5, 5.41) is 12.8. The van der Waals surface area contributed by atoms with Gasteiger partial charge in [-0.05, 0) is 43.5 Å². The maximum Gasteiger partial charge on any atom is 0.253 e. The molecule has 0 fully saturated rings. The van der Waals surface area contributed by atoms with Crippen LogP contribution in [-0.4, -0.2) is 33.4 Å². The van der Waals surface area contributed by atoms with Gasteiger partial charge in [0, 0.05) is 18.7 Å². The van der Waals surface area contributed by atoms with Crippen LogP contribution < -0.4 is 4.74 Å². The van der Waals surface area contributed by atoms with Gasteiger partial charge in [0.1, 0.15) is 22.8 Å². The molecule has 0 bridgehead atoms. The van der Waals surface area contributed by atoms with Gasteiger partial charge in [-0.15, -0.1) is 10.2 Å². The number of hydrogen-bond donors (Lipinski definition) is 0. The average Bonchev–Trinajstić information content (AvgIpc) is 3.40. The largest absolute Gasteiger partial charge is 0.494 e. The Labute approximate surface area is 180 Å². The van der Waals surface area contributed by atoms with E-state index in [0.717, 1.165) is 36.4 Å². The quantitative estimate of drug-likeness (QED) is 0.452. The molecule has 7 nitrogen and oxygen atoms in total. The molecule has 0 N–H and O–H groups in total. The summed E-state index contributed by atoms with van der Waals surface area (Å²) in [6.45, 7) is 6.89. The molecule has 0 radical (unpaired) electrons. The van der Waals surface area contributed by atoms with E-state index in [4.69, 9.17) is 13.7 Å². The van der Waals surface area contributed by atoms with Crippen molar-refractivity contribution in [2.24, 2.45) is 0 Å². The first-order valence-electron chi connectivity index (χ1n) is 10.5. The molecule has 0 saturated carbocycles. The summed E-state index contributed by atoms with van der Waals surface area (Å²) in [7, 11) is 0. The average molecular weight is 416 g/mol. The molecule has 0 amide bonds. The van der Waals surface area contributed by atoms with E-state index >= 15 is 0 Å². The molecular weight excluding hydrogens is 392 g/mol. The Morgan fingerprint density at radius 1 is 1.06 bits per heavy atom. The minimum Gasteiger partial charge on any atom is -0.494 e. The van der Waals surface area contributed by atoms with Gasteiger partial charge in [-0.25, -0.2) is 0 Å². The molecule has 2 aromatic carbocycles. The molecule has 31 heavy (non-hydrogen) atoms. The van der Waals surface area contributed by atoms with Crippen LogP contribution in [0, 0.1) is 6.92 Å². The monoisotopic (exact) mass is 416 g/mol. The number of fused-ring (bicyclic) bond motifs is 1. The first-order valence-corrected chi connectivity index (χ1v) is 10.5. The molecule has 3 heterocycles. The summed E-state index contributed by atoms with van der Waals surface area (Å²) in [6, 6.07) is 16.2. The van der Waals surface area contributed by atoms with Crippen molar-refractivity contribution in [3.8, 4) is 28.5 Å². The van der Waals surface area contributed by atoms with E-state index in [9.17, 15) is 0 Å². The minimum atomic E-state index is 0.434. The van der Waals surface area contributed by atoms with Gasteiger partial charge >= 0.3 is 0 Å². The standard InChI is InChI=1S/C24H24N4O3/c1-3-29-20-10-9-17-11-12-28(14-19(17)13-20)15-21-25-26-24(30-21)22-16(2)31-27-23(22)18-7-5-4-6-8-18/h4-10,13H,3,11-12,14-15H2,1-2H3. The fourth-order valence-corrected chi connectivity index (χ4v) is 4.01. The van der Waals surface area contributed by atoms with Gasteiger partial charge in [-0.2, -0.15) is 0 Å². The Morgan fingerprint density at radius 2 is 1.94 bits per heavy atom. The van der Waals surface area contributed by atoms with Gasteiger partial charge in [-0.3, -0.25) is 4.90 Å². The van der Waals surface area contributed by atoms with Crippen molar-refractivity contribution in [3.05, 3.63) is 71.3 Å².